The fraction of sp³-hybridized carbons (Fsp3) is 0.750. The molecule has 0 spiro atoms. The largest absolute Gasteiger partial charge is 0.480 e. The summed E-state index contributed by atoms with van der Waals surface area (Å²) in [6, 6.07) is -2.02. The lowest BCUT2D eigenvalue weighted by atomic mass is 10.1. The summed E-state index contributed by atoms with van der Waals surface area (Å²) < 4.78 is 5.56. The number of ether oxygens (including phenoxy) is 1. The minimum atomic E-state index is -1.38. The number of primary amides is 1. The Kier molecular flexibility index (Phi) is 5.50. The van der Waals surface area contributed by atoms with Gasteiger partial charge in [-0.1, -0.05) is 0 Å². The SMILES string of the molecule is CC1(C)CN(C(=O)N[C@H](CC(N)=O)C(=O)O)CC(CO)O1. The Morgan fingerprint density at radius 1 is 1.48 bits per heavy atom. The summed E-state index contributed by atoms with van der Waals surface area (Å²) in [6.07, 6.45) is -1.03. The van der Waals surface area contributed by atoms with Crippen molar-refractivity contribution in [1.29, 1.82) is 0 Å². The van der Waals surface area contributed by atoms with E-state index in [0.29, 0.717) is 0 Å². The van der Waals surface area contributed by atoms with Gasteiger partial charge in [0.25, 0.3) is 0 Å². The first kappa shape index (κ1) is 17.2. The van der Waals surface area contributed by atoms with Crippen LogP contribution in [0.25, 0.3) is 0 Å². The zero-order valence-corrected chi connectivity index (χ0v) is 12.0. The molecule has 0 bridgehead atoms. The fourth-order valence-electron chi connectivity index (χ4n) is 2.19. The van der Waals surface area contributed by atoms with Crippen molar-refractivity contribution in [3.05, 3.63) is 0 Å². The summed E-state index contributed by atoms with van der Waals surface area (Å²) in [4.78, 5) is 35.3. The lowest BCUT2D eigenvalue weighted by Gasteiger charge is -2.42. The Hall–Kier alpha value is -1.87. The molecule has 2 atom stereocenters. The van der Waals surface area contributed by atoms with Crippen LogP contribution in [0.1, 0.15) is 20.3 Å². The van der Waals surface area contributed by atoms with Crippen LogP contribution >= 0.6 is 0 Å². The van der Waals surface area contributed by atoms with Gasteiger partial charge in [0.1, 0.15) is 6.04 Å². The van der Waals surface area contributed by atoms with Crippen LogP contribution in [0.15, 0.2) is 0 Å². The van der Waals surface area contributed by atoms with Crippen LogP contribution in [-0.4, -0.2) is 70.5 Å². The normalized spacial score (nSPS) is 22.4. The Morgan fingerprint density at radius 2 is 2.10 bits per heavy atom. The monoisotopic (exact) mass is 303 g/mol. The smallest absolute Gasteiger partial charge is 0.326 e. The van der Waals surface area contributed by atoms with Gasteiger partial charge in [-0.25, -0.2) is 9.59 Å². The van der Waals surface area contributed by atoms with Crippen LogP contribution < -0.4 is 11.1 Å². The number of morpholine rings is 1. The molecule has 21 heavy (non-hydrogen) atoms. The fourth-order valence-corrected chi connectivity index (χ4v) is 2.19. The van der Waals surface area contributed by atoms with Crippen molar-refractivity contribution in [1.82, 2.24) is 10.2 Å². The van der Waals surface area contributed by atoms with Gasteiger partial charge in [0, 0.05) is 0 Å². The molecule has 3 amide bonds. The van der Waals surface area contributed by atoms with E-state index < -0.39 is 42.1 Å². The number of carbonyl (C=O) groups excluding carboxylic acids is 2. The minimum absolute atomic E-state index is 0.134. The Balaban J connectivity index is 2.72. The first-order valence-corrected chi connectivity index (χ1v) is 6.50. The second kappa shape index (κ2) is 6.72. The number of aliphatic hydroxyl groups is 1. The van der Waals surface area contributed by atoms with Gasteiger partial charge in [0.2, 0.25) is 5.91 Å². The highest BCUT2D eigenvalue weighted by atomic mass is 16.5. The Bertz CT molecular complexity index is 425. The van der Waals surface area contributed by atoms with Gasteiger partial charge >= 0.3 is 12.0 Å². The van der Waals surface area contributed by atoms with Crippen LogP contribution in [0, 0.1) is 0 Å². The summed E-state index contributed by atoms with van der Waals surface area (Å²) in [5.74, 6) is -2.16. The average Bonchev–Trinajstić information content (AvgIpc) is 2.35. The van der Waals surface area contributed by atoms with Crippen molar-refractivity contribution in [3.8, 4) is 0 Å². The third kappa shape index (κ3) is 5.20. The molecular formula is C12H21N3O6. The highest BCUT2D eigenvalue weighted by Crippen LogP contribution is 2.20. The molecule has 1 fully saturated rings. The van der Waals surface area contributed by atoms with Crippen molar-refractivity contribution in [2.24, 2.45) is 5.73 Å². The van der Waals surface area contributed by atoms with Gasteiger partial charge in [-0.05, 0) is 13.8 Å². The van der Waals surface area contributed by atoms with E-state index in [1.807, 2.05) is 0 Å². The molecular weight excluding hydrogens is 282 g/mol. The maximum atomic E-state index is 12.1. The lowest BCUT2D eigenvalue weighted by Crippen LogP contribution is -2.59. The summed E-state index contributed by atoms with van der Waals surface area (Å²) in [7, 11) is 0. The lowest BCUT2D eigenvalue weighted by molar-refractivity contribution is -0.142. The van der Waals surface area contributed by atoms with E-state index in [2.05, 4.69) is 5.32 Å². The third-order valence-corrected chi connectivity index (χ3v) is 2.97. The second-order valence-corrected chi connectivity index (χ2v) is 5.57. The number of amides is 3. The molecule has 0 radical (unpaired) electrons. The average molecular weight is 303 g/mol. The number of rotatable bonds is 5. The quantitative estimate of drug-likeness (QED) is 0.486. The molecule has 120 valence electrons. The molecule has 1 rings (SSSR count). The number of aliphatic hydroxyl groups excluding tert-OH is 1. The molecule has 1 unspecified atom stereocenters. The van der Waals surface area contributed by atoms with Gasteiger partial charge < -0.3 is 30.9 Å². The molecule has 5 N–H and O–H groups in total. The van der Waals surface area contributed by atoms with Gasteiger partial charge in [-0.15, -0.1) is 0 Å². The number of urea groups is 1. The third-order valence-electron chi connectivity index (χ3n) is 2.97. The zero-order valence-electron chi connectivity index (χ0n) is 12.0. The van der Waals surface area contributed by atoms with E-state index in [4.69, 9.17) is 15.6 Å². The van der Waals surface area contributed by atoms with Crippen LogP contribution in [-0.2, 0) is 14.3 Å². The molecule has 1 aliphatic rings. The highest BCUT2D eigenvalue weighted by molar-refractivity contribution is 5.87. The van der Waals surface area contributed by atoms with Crippen molar-refractivity contribution < 1.29 is 29.3 Å². The number of nitrogens with two attached hydrogens (primary N) is 1. The molecule has 1 heterocycles. The van der Waals surface area contributed by atoms with Gasteiger partial charge in [-0.3, -0.25) is 4.79 Å². The van der Waals surface area contributed by atoms with Gasteiger partial charge in [-0.2, -0.15) is 0 Å². The summed E-state index contributed by atoms with van der Waals surface area (Å²) >= 11 is 0. The zero-order chi connectivity index (χ0) is 16.2. The second-order valence-electron chi connectivity index (χ2n) is 5.57. The van der Waals surface area contributed by atoms with Crippen molar-refractivity contribution >= 4 is 17.9 Å². The number of hydrogen-bond acceptors (Lipinski definition) is 5. The molecule has 0 aromatic carbocycles. The molecule has 0 aromatic heterocycles. The number of nitrogens with one attached hydrogen (secondary N) is 1. The number of carbonyl (C=O) groups is 3. The van der Waals surface area contributed by atoms with Crippen molar-refractivity contribution in [2.45, 2.75) is 38.0 Å². The molecule has 0 aromatic rings. The van der Waals surface area contributed by atoms with Crippen molar-refractivity contribution in [3.63, 3.8) is 0 Å². The molecule has 1 aliphatic heterocycles. The number of aliphatic carboxylic acids is 1. The van der Waals surface area contributed by atoms with Crippen molar-refractivity contribution in [2.75, 3.05) is 19.7 Å². The van der Waals surface area contributed by atoms with E-state index in [1.165, 1.54) is 4.90 Å². The molecule has 9 nitrogen and oxygen atoms in total. The van der Waals surface area contributed by atoms with E-state index in [0.717, 1.165) is 0 Å². The predicted molar refractivity (Wildman–Crippen MR) is 71.4 cm³/mol. The summed E-state index contributed by atoms with van der Waals surface area (Å²) in [6.45, 7) is 3.63. The Morgan fingerprint density at radius 3 is 2.57 bits per heavy atom. The first-order valence-electron chi connectivity index (χ1n) is 6.50. The highest BCUT2D eigenvalue weighted by Gasteiger charge is 2.36. The number of carboxylic acid groups (broad SMARTS) is 1. The van der Waals surface area contributed by atoms with E-state index in [9.17, 15) is 19.5 Å². The molecule has 9 heteroatoms. The standard InChI is InChI=1S/C12H21N3O6/c1-12(2)6-15(4-7(5-16)21-12)11(20)14-8(10(18)19)3-9(13)17/h7-8,16H,3-6H2,1-2H3,(H2,13,17)(H,14,20)(H,18,19)/t7?,8-/m1/s1. The predicted octanol–water partition coefficient (Wildman–Crippen LogP) is -1.50. The maximum Gasteiger partial charge on any atom is 0.326 e. The van der Waals surface area contributed by atoms with Crippen LogP contribution in [0.4, 0.5) is 4.79 Å². The van der Waals surface area contributed by atoms with Gasteiger partial charge in [0.05, 0.1) is 37.8 Å². The number of nitrogens with zero attached hydrogens (tertiary/aromatic N) is 1. The van der Waals surface area contributed by atoms with E-state index in [1.54, 1.807) is 13.8 Å². The van der Waals surface area contributed by atoms with Crippen LogP contribution in [0.3, 0.4) is 0 Å². The summed E-state index contributed by atoms with van der Waals surface area (Å²) in [5.41, 5.74) is 4.29. The van der Waals surface area contributed by atoms with E-state index in [-0.39, 0.29) is 19.7 Å². The first-order chi connectivity index (χ1) is 9.64. The summed E-state index contributed by atoms with van der Waals surface area (Å²) in [5, 5.41) is 20.4. The molecule has 0 saturated carbocycles. The molecule has 0 aliphatic carbocycles. The topological polar surface area (TPSA) is 142 Å². The molecule has 1 saturated heterocycles. The van der Waals surface area contributed by atoms with Crippen LogP contribution in [0.5, 0.6) is 0 Å². The van der Waals surface area contributed by atoms with Crippen LogP contribution in [0.2, 0.25) is 0 Å². The van der Waals surface area contributed by atoms with E-state index >= 15 is 0 Å². The number of carboxylic acids is 1. The maximum absolute atomic E-state index is 12.1. The Labute approximate surface area is 122 Å². The number of hydrogen-bond donors (Lipinski definition) is 4. The minimum Gasteiger partial charge on any atom is -0.480 e. The van der Waals surface area contributed by atoms with Gasteiger partial charge in [0.15, 0.2) is 0 Å².